The number of hydrogen-bond donors (Lipinski definition) is 0. The second-order valence-corrected chi connectivity index (χ2v) is 7.39. The Hall–Kier alpha value is -0.800. The maximum absolute atomic E-state index is 12.4. The molecule has 1 aromatic rings. The SMILES string of the molecule is COc1ccc(S(=O)(=O)N2CC3(C)CN3SO2)cc1. The van der Waals surface area contributed by atoms with Crippen LogP contribution in [0.2, 0.25) is 0 Å². The molecule has 0 saturated carbocycles. The molecule has 0 amide bonds. The highest BCUT2D eigenvalue weighted by Crippen LogP contribution is 2.45. The first kappa shape index (κ1) is 13.2. The van der Waals surface area contributed by atoms with E-state index in [9.17, 15) is 8.42 Å². The molecule has 3 rings (SSSR count). The largest absolute Gasteiger partial charge is 0.497 e. The second kappa shape index (κ2) is 4.35. The fourth-order valence-electron chi connectivity index (χ4n) is 1.89. The molecule has 2 unspecified atom stereocenters. The highest BCUT2D eigenvalue weighted by molar-refractivity contribution is 7.94. The average molecular weight is 302 g/mol. The molecule has 1 aromatic carbocycles. The molecule has 2 saturated heterocycles. The summed E-state index contributed by atoms with van der Waals surface area (Å²) in [4.78, 5) is 0.201. The summed E-state index contributed by atoms with van der Waals surface area (Å²) in [6, 6.07) is 6.28. The molecule has 6 nitrogen and oxygen atoms in total. The molecule has 0 N–H and O–H groups in total. The number of hydroxylamine groups is 1. The highest BCUT2D eigenvalue weighted by Gasteiger charge is 2.56. The van der Waals surface area contributed by atoms with Crippen molar-refractivity contribution < 1.29 is 17.4 Å². The molecule has 2 heterocycles. The molecule has 2 aliphatic heterocycles. The summed E-state index contributed by atoms with van der Waals surface area (Å²) in [7, 11) is -2.09. The van der Waals surface area contributed by atoms with Gasteiger partial charge in [-0.2, -0.15) is 4.28 Å². The Bertz CT molecular complexity index is 589. The summed E-state index contributed by atoms with van der Waals surface area (Å²) in [5.74, 6) is 0.619. The van der Waals surface area contributed by atoms with Gasteiger partial charge in [-0.3, -0.25) is 0 Å². The molecule has 2 atom stereocenters. The van der Waals surface area contributed by atoms with Crippen LogP contribution < -0.4 is 4.74 Å². The number of nitrogens with zero attached hydrogens (tertiary/aromatic N) is 2. The molecule has 0 aliphatic carbocycles. The van der Waals surface area contributed by atoms with Crippen molar-refractivity contribution in [1.29, 1.82) is 0 Å². The number of benzene rings is 1. The van der Waals surface area contributed by atoms with E-state index in [0.29, 0.717) is 12.3 Å². The molecule has 0 spiro atoms. The van der Waals surface area contributed by atoms with Gasteiger partial charge in [0.05, 0.1) is 24.1 Å². The molecule has 0 bridgehead atoms. The van der Waals surface area contributed by atoms with Crippen LogP contribution in [0.3, 0.4) is 0 Å². The number of methoxy groups -OCH3 is 1. The fraction of sp³-hybridized carbons (Fsp3) is 0.455. The molecule has 104 valence electrons. The third-order valence-electron chi connectivity index (χ3n) is 3.28. The van der Waals surface area contributed by atoms with Crippen LogP contribution in [0.15, 0.2) is 29.2 Å². The molecule has 2 aliphatic rings. The molecule has 8 heteroatoms. The number of rotatable bonds is 3. The summed E-state index contributed by atoms with van der Waals surface area (Å²) < 4.78 is 38.2. The van der Waals surface area contributed by atoms with Crippen molar-refractivity contribution >= 4 is 22.3 Å². The Morgan fingerprint density at radius 1 is 1.32 bits per heavy atom. The minimum atomic E-state index is -3.62. The van der Waals surface area contributed by atoms with Crippen molar-refractivity contribution in [2.24, 2.45) is 0 Å². The van der Waals surface area contributed by atoms with Crippen molar-refractivity contribution in [2.75, 3.05) is 20.2 Å². The molecule has 0 radical (unpaired) electrons. The van der Waals surface area contributed by atoms with E-state index in [2.05, 4.69) is 0 Å². The number of sulfonamides is 1. The van der Waals surface area contributed by atoms with Gasteiger partial charge >= 0.3 is 0 Å². The normalized spacial score (nSPS) is 30.7. The highest BCUT2D eigenvalue weighted by atomic mass is 32.2. The van der Waals surface area contributed by atoms with Gasteiger partial charge in [0.15, 0.2) is 0 Å². The van der Waals surface area contributed by atoms with Gasteiger partial charge in [-0.05, 0) is 31.2 Å². The van der Waals surface area contributed by atoms with E-state index in [4.69, 9.17) is 9.02 Å². The van der Waals surface area contributed by atoms with Crippen LogP contribution in [0.25, 0.3) is 0 Å². The van der Waals surface area contributed by atoms with Gasteiger partial charge in [-0.15, -0.1) is 0 Å². The first-order valence-electron chi connectivity index (χ1n) is 5.75. The van der Waals surface area contributed by atoms with Crippen LogP contribution in [0, 0.1) is 0 Å². The first-order valence-corrected chi connectivity index (χ1v) is 7.89. The maximum Gasteiger partial charge on any atom is 0.266 e. The van der Waals surface area contributed by atoms with E-state index in [1.54, 1.807) is 12.1 Å². The zero-order valence-electron chi connectivity index (χ0n) is 10.6. The van der Waals surface area contributed by atoms with E-state index in [1.807, 2.05) is 11.2 Å². The van der Waals surface area contributed by atoms with E-state index in [1.165, 1.54) is 19.2 Å². The lowest BCUT2D eigenvalue weighted by atomic mass is 10.2. The van der Waals surface area contributed by atoms with Gasteiger partial charge in [0.1, 0.15) is 18.0 Å². The van der Waals surface area contributed by atoms with Crippen LogP contribution >= 0.6 is 12.2 Å². The lowest BCUT2D eigenvalue weighted by Gasteiger charge is -2.27. The summed E-state index contributed by atoms with van der Waals surface area (Å²) in [6.45, 7) is 3.19. The van der Waals surface area contributed by atoms with Gasteiger partial charge in [0, 0.05) is 6.54 Å². The first-order chi connectivity index (χ1) is 8.95. The quantitative estimate of drug-likeness (QED) is 0.476. The number of fused-ring (bicyclic) bond motifs is 1. The van der Waals surface area contributed by atoms with Crippen LogP contribution in [-0.2, 0) is 14.3 Å². The van der Waals surface area contributed by atoms with Crippen LogP contribution in [0.1, 0.15) is 6.92 Å². The predicted molar refractivity (Wildman–Crippen MR) is 70.7 cm³/mol. The summed E-state index contributed by atoms with van der Waals surface area (Å²) in [5.41, 5.74) is -0.109. The van der Waals surface area contributed by atoms with Crippen molar-refractivity contribution in [3.8, 4) is 5.75 Å². The van der Waals surface area contributed by atoms with Crippen molar-refractivity contribution in [2.45, 2.75) is 17.4 Å². The van der Waals surface area contributed by atoms with E-state index < -0.39 is 10.0 Å². The van der Waals surface area contributed by atoms with Gasteiger partial charge in [0.25, 0.3) is 10.0 Å². The lowest BCUT2D eigenvalue weighted by molar-refractivity contribution is 0.0338. The van der Waals surface area contributed by atoms with E-state index in [0.717, 1.165) is 23.2 Å². The Labute approximate surface area is 116 Å². The minimum absolute atomic E-state index is 0.109. The third kappa shape index (κ3) is 2.23. The van der Waals surface area contributed by atoms with Gasteiger partial charge in [-0.25, -0.2) is 12.7 Å². The van der Waals surface area contributed by atoms with Crippen LogP contribution in [0.4, 0.5) is 0 Å². The Kier molecular flexibility index (Phi) is 3.02. The molecular weight excluding hydrogens is 288 g/mol. The Balaban J connectivity index is 1.85. The maximum atomic E-state index is 12.4. The number of ether oxygens (including phenoxy) is 1. The minimum Gasteiger partial charge on any atom is -0.497 e. The Morgan fingerprint density at radius 3 is 2.58 bits per heavy atom. The third-order valence-corrected chi connectivity index (χ3v) is 5.98. The van der Waals surface area contributed by atoms with Gasteiger partial charge < -0.3 is 4.74 Å². The topological polar surface area (TPSA) is 58.9 Å². The van der Waals surface area contributed by atoms with Crippen molar-refractivity contribution in [3.63, 3.8) is 0 Å². The van der Waals surface area contributed by atoms with Crippen molar-refractivity contribution in [3.05, 3.63) is 24.3 Å². The Morgan fingerprint density at radius 2 is 2.00 bits per heavy atom. The fourth-order valence-corrected chi connectivity index (χ4v) is 4.23. The smallest absolute Gasteiger partial charge is 0.266 e. The molecule has 0 aromatic heterocycles. The predicted octanol–water partition coefficient (Wildman–Crippen LogP) is 1.27. The van der Waals surface area contributed by atoms with Gasteiger partial charge in [-0.1, -0.05) is 4.47 Å². The lowest BCUT2D eigenvalue weighted by Crippen LogP contribution is -2.41. The van der Waals surface area contributed by atoms with Crippen molar-refractivity contribution in [1.82, 2.24) is 8.77 Å². The molecule has 2 fully saturated rings. The monoisotopic (exact) mass is 302 g/mol. The summed E-state index contributed by atoms with van der Waals surface area (Å²) in [6.07, 6.45) is 0. The standard InChI is InChI=1S/C11H14N2O4S2/c1-11-7-12(11)18-17-13(8-11)19(14,15)10-5-3-9(16-2)4-6-10/h3-6H,7-8H2,1-2H3. The van der Waals surface area contributed by atoms with E-state index >= 15 is 0 Å². The van der Waals surface area contributed by atoms with Crippen LogP contribution in [0.5, 0.6) is 5.75 Å². The van der Waals surface area contributed by atoms with E-state index in [-0.39, 0.29) is 10.4 Å². The van der Waals surface area contributed by atoms with Crippen LogP contribution in [-0.4, -0.2) is 42.9 Å². The second-order valence-electron chi connectivity index (χ2n) is 4.82. The molecular formula is C11H14N2O4S2. The zero-order valence-corrected chi connectivity index (χ0v) is 12.2. The zero-order chi connectivity index (χ0) is 13.7. The summed E-state index contributed by atoms with van der Waals surface area (Å²) >= 11 is 1.08. The molecule has 19 heavy (non-hydrogen) atoms. The summed E-state index contributed by atoms with van der Waals surface area (Å²) in [5, 5.41) is 0. The number of hydrogen-bond acceptors (Lipinski definition) is 6. The van der Waals surface area contributed by atoms with Gasteiger partial charge in [0.2, 0.25) is 0 Å². The average Bonchev–Trinajstić information content (AvgIpc) is 3.09.